The fraction of sp³-hybridized carbons (Fsp3) is 0.346. The van der Waals surface area contributed by atoms with Crippen molar-refractivity contribution in [1.82, 2.24) is 24.8 Å². The first-order chi connectivity index (χ1) is 19.4. The van der Waals surface area contributed by atoms with Crippen molar-refractivity contribution in [2.24, 2.45) is 5.41 Å². The summed E-state index contributed by atoms with van der Waals surface area (Å²) in [6.07, 6.45) is -4.72. The zero-order chi connectivity index (χ0) is 31.5. The van der Waals surface area contributed by atoms with Crippen molar-refractivity contribution in [2.45, 2.75) is 38.8 Å². The lowest BCUT2D eigenvalue weighted by Gasteiger charge is -2.34. The number of aryl methyl sites for hydroxylation is 1. The minimum Gasteiger partial charge on any atom is -0.748 e. The smallest absolute Gasteiger partial charge is 0.435 e. The van der Waals surface area contributed by atoms with E-state index in [4.69, 9.17) is 4.74 Å². The van der Waals surface area contributed by atoms with Gasteiger partial charge in [-0.25, -0.2) is 22.8 Å². The van der Waals surface area contributed by atoms with Gasteiger partial charge in [0.05, 0.1) is 28.2 Å². The summed E-state index contributed by atoms with van der Waals surface area (Å²) in [5, 5.41) is 16.2. The molecule has 0 spiro atoms. The second-order valence-electron chi connectivity index (χ2n) is 10.2. The molecule has 3 rings (SSSR count). The Labute approximate surface area is 240 Å². The predicted molar refractivity (Wildman–Crippen MR) is 143 cm³/mol. The number of hydrazine groups is 1. The highest BCUT2D eigenvalue weighted by Gasteiger charge is 2.35. The van der Waals surface area contributed by atoms with E-state index in [2.05, 4.69) is 9.94 Å². The normalized spacial score (nSPS) is 12.5. The number of hydrogen-bond donors (Lipinski definition) is 1. The molecule has 0 fully saturated rings. The van der Waals surface area contributed by atoms with Gasteiger partial charge >= 0.3 is 12.1 Å². The molecule has 0 unspecified atom stereocenters. The molecular formula is C26H29F3N5O7S-. The maximum atomic E-state index is 13.4. The van der Waals surface area contributed by atoms with Gasteiger partial charge in [0, 0.05) is 12.6 Å². The number of hydrogen-bond acceptors (Lipinski definition) is 10. The number of nitrogens with zero attached hydrogens (tertiary/aromatic N) is 4. The quantitative estimate of drug-likeness (QED) is 0.204. The number of benzene rings is 2. The SMILES string of the molecule is Cc1ccc(-c2cc(C(F)(F)F)nn2-c2ccc(S(=O)(=O)NC(=O)CN(C)N([O-])OCOC(=O)C(C)(C)C)cc2)cc1. The number of halogens is 3. The lowest BCUT2D eigenvalue weighted by molar-refractivity contribution is -0.279. The Morgan fingerprint density at radius 1 is 1.05 bits per heavy atom. The summed E-state index contributed by atoms with van der Waals surface area (Å²) in [5.74, 6) is -1.73. The standard InChI is InChI=1S/C26H29F3N5O7S/c1-17-6-8-18(9-7-17)21-14-22(26(27,28)29)30-33(21)19-10-12-20(13-11-19)42(38,39)31-23(35)15-32(5)34(37)41-16-40-24(36)25(2,3)4/h6-14H,15-16H2,1-5H3,(H,31,35)/q-1. The summed E-state index contributed by atoms with van der Waals surface area (Å²) in [4.78, 5) is 28.3. The molecule has 16 heteroatoms. The average molecular weight is 613 g/mol. The third-order valence-corrected chi connectivity index (χ3v) is 6.99. The monoisotopic (exact) mass is 612 g/mol. The van der Waals surface area contributed by atoms with Crippen LogP contribution in [0.25, 0.3) is 16.9 Å². The van der Waals surface area contributed by atoms with Crippen molar-refractivity contribution in [3.05, 3.63) is 71.1 Å². The van der Waals surface area contributed by atoms with Crippen molar-refractivity contribution in [3.8, 4) is 16.9 Å². The molecule has 2 aromatic carbocycles. The van der Waals surface area contributed by atoms with Gasteiger partial charge in [-0.05, 0) is 58.0 Å². The van der Waals surface area contributed by atoms with Crippen LogP contribution in [-0.4, -0.2) is 60.8 Å². The number of aromatic nitrogens is 2. The van der Waals surface area contributed by atoms with Crippen LogP contribution in [0.1, 0.15) is 32.0 Å². The maximum Gasteiger partial charge on any atom is 0.435 e. The Morgan fingerprint density at radius 2 is 1.64 bits per heavy atom. The fourth-order valence-electron chi connectivity index (χ4n) is 3.36. The minimum atomic E-state index is -4.72. The number of amides is 1. The fourth-order valence-corrected chi connectivity index (χ4v) is 4.34. The number of nitrogens with one attached hydrogen (secondary N) is 1. The molecule has 0 aliphatic carbocycles. The van der Waals surface area contributed by atoms with Crippen LogP contribution in [-0.2, 0) is 35.4 Å². The van der Waals surface area contributed by atoms with Crippen LogP contribution in [0.5, 0.6) is 0 Å². The number of likely N-dealkylation sites (N-methyl/N-ethyl adjacent to an activating group) is 1. The van der Waals surface area contributed by atoms with Crippen LogP contribution in [0, 0.1) is 17.5 Å². The molecule has 0 saturated carbocycles. The van der Waals surface area contributed by atoms with E-state index in [0.29, 0.717) is 10.6 Å². The Morgan fingerprint density at radius 3 is 2.19 bits per heavy atom. The van der Waals surface area contributed by atoms with Crippen molar-refractivity contribution in [2.75, 3.05) is 20.4 Å². The van der Waals surface area contributed by atoms with E-state index in [1.54, 1.807) is 49.8 Å². The highest BCUT2D eigenvalue weighted by molar-refractivity contribution is 7.90. The topological polar surface area (TPSA) is 146 Å². The van der Waals surface area contributed by atoms with Crippen molar-refractivity contribution >= 4 is 21.9 Å². The number of sulfonamides is 1. The molecule has 42 heavy (non-hydrogen) atoms. The zero-order valence-corrected chi connectivity index (χ0v) is 24.1. The summed E-state index contributed by atoms with van der Waals surface area (Å²) in [6, 6.07) is 12.3. The molecule has 0 aliphatic heterocycles. The van der Waals surface area contributed by atoms with Crippen LogP contribution in [0.3, 0.4) is 0 Å². The third kappa shape index (κ3) is 8.36. The van der Waals surface area contributed by atoms with E-state index < -0.39 is 52.5 Å². The van der Waals surface area contributed by atoms with Crippen molar-refractivity contribution in [3.63, 3.8) is 0 Å². The van der Waals surface area contributed by atoms with Crippen LogP contribution in [0.15, 0.2) is 59.5 Å². The van der Waals surface area contributed by atoms with Crippen LogP contribution in [0.4, 0.5) is 13.2 Å². The van der Waals surface area contributed by atoms with Gasteiger partial charge in [0.1, 0.15) is 0 Å². The van der Waals surface area contributed by atoms with Gasteiger partial charge in [-0.1, -0.05) is 29.8 Å². The molecule has 0 saturated heterocycles. The molecule has 1 aromatic heterocycles. The first-order valence-corrected chi connectivity index (χ1v) is 13.8. The molecule has 3 aromatic rings. The Bertz CT molecular complexity index is 1520. The van der Waals surface area contributed by atoms with Crippen LogP contribution < -0.4 is 4.72 Å². The summed E-state index contributed by atoms with van der Waals surface area (Å²) >= 11 is 0. The van der Waals surface area contributed by atoms with Gasteiger partial charge in [0.15, 0.2) is 5.69 Å². The molecule has 0 radical (unpaired) electrons. The summed E-state index contributed by atoms with van der Waals surface area (Å²) in [5.41, 5.74) is -0.330. The van der Waals surface area contributed by atoms with Gasteiger partial charge < -0.3 is 9.94 Å². The van der Waals surface area contributed by atoms with E-state index in [-0.39, 0.29) is 21.6 Å². The number of alkyl halides is 3. The number of ether oxygens (including phenoxy) is 1. The van der Waals surface area contributed by atoms with Crippen LogP contribution >= 0.6 is 0 Å². The van der Waals surface area contributed by atoms with Gasteiger partial charge in [-0.2, -0.15) is 23.6 Å². The molecule has 1 amide bonds. The van der Waals surface area contributed by atoms with Gasteiger partial charge in [0.2, 0.25) is 12.7 Å². The number of esters is 1. The molecule has 0 atom stereocenters. The van der Waals surface area contributed by atoms with E-state index in [1.807, 2.05) is 6.92 Å². The molecule has 12 nitrogen and oxygen atoms in total. The van der Waals surface area contributed by atoms with E-state index >= 15 is 0 Å². The minimum absolute atomic E-state index is 0.131. The van der Waals surface area contributed by atoms with E-state index in [0.717, 1.165) is 35.5 Å². The van der Waals surface area contributed by atoms with Crippen molar-refractivity contribution in [1.29, 1.82) is 0 Å². The van der Waals surface area contributed by atoms with Crippen molar-refractivity contribution < 1.29 is 40.8 Å². The summed E-state index contributed by atoms with van der Waals surface area (Å²) in [6.45, 7) is 5.13. The number of carbonyl (C=O) groups excluding carboxylic acids is 2. The predicted octanol–water partition coefficient (Wildman–Crippen LogP) is 3.80. The first-order valence-electron chi connectivity index (χ1n) is 12.3. The Hall–Kier alpha value is -3.83. The number of carbonyl (C=O) groups is 2. The summed E-state index contributed by atoms with van der Waals surface area (Å²) < 4.78 is 73.4. The lowest BCUT2D eigenvalue weighted by Crippen LogP contribution is -2.44. The third-order valence-electron chi connectivity index (χ3n) is 5.60. The number of rotatable bonds is 10. The highest BCUT2D eigenvalue weighted by atomic mass is 32.2. The van der Waals surface area contributed by atoms with Gasteiger partial charge in [-0.15, -0.1) is 0 Å². The first kappa shape index (κ1) is 32.7. The summed E-state index contributed by atoms with van der Waals surface area (Å²) in [7, 11) is -3.30. The highest BCUT2D eigenvalue weighted by Crippen LogP contribution is 2.33. The van der Waals surface area contributed by atoms with E-state index in [9.17, 15) is 36.4 Å². The molecule has 228 valence electrons. The zero-order valence-electron chi connectivity index (χ0n) is 23.3. The second-order valence-corrected chi connectivity index (χ2v) is 11.9. The van der Waals surface area contributed by atoms with Gasteiger partial charge in [-0.3, -0.25) is 14.4 Å². The Kier molecular flexibility index (Phi) is 9.79. The largest absolute Gasteiger partial charge is 0.748 e. The molecule has 0 aliphatic rings. The molecule has 0 bridgehead atoms. The second kappa shape index (κ2) is 12.6. The molecule has 1 N–H and O–H groups in total. The average Bonchev–Trinajstić information content (AvgIpc) is 3.34. The van der Waals surface area contributed by atoms with E-state index in [1.165, 1.54) is 12.1 Å². The molecular weight excluding hydrogens is 583 g/mol. The maximum absolute atomic E-state index is 13.4. The Balaban J connectivity index is 1.70. The van der Waals surface area contributed by atoms with Gasteiger partial charge in [0.25, 0.3) is 10.0 Å². The molecule has 1 heterocycles. The van der Waals surface area contributed by atoms with Crippen LogP contribution in [0.2, 0.25) is 0 Å². The lowest BCUT2D eigenvalue weighted by atomic mass is 9.98.